The molecular weight excluding hydrogens is 384 g/mol. The summed E-state index contributed by atoms with van der Waals surface area (Å²) in [5.74, 6) is 0.111. The number of aryl methyl sites for hydroxylation is 2. The minimum atomic E-state index is -0.437. The number of rotatable bonds is 3. The largest absolute Gasteiger partial charge is 0.495 e. The number of benzene rings is 2. The molecule has 126 valence electrons. The van der Waals surface area contributed by atoms with Crippen molar-refractivity contribution in [2.45, 2.75) is 13.0 Å². The molecule has 2 aromatic carbocycles. The van der Waals surface area contributed by atoms with Gasteiger partial charge in [0.2, 0.25) is 5.43 Å². The molecule has 1 amide bonds. The van der Waals surface area contributed by atoms with Crippen LogP contribution in [0.4, 0.5) is 5.69 Å². The van der Waals surface area contributed by atoms with E-state index >= 15 is 0 Å². The summed E-state index contributed by atoms with van der Waals surface area (Å²) in [6.45, 7) is 0.761. The van der Waals surface area contributed by atoms with E-state index in [0.717, 1.165) is 28.5 Å². The van der Waals surface area contributed by atoms with E-state index in [1.807, 2.05) is 16.7 Å². The van der Waals surface area contributed by atoms with Gasteiger partial charge in [-0.1, -0.05) is 28.1 Å². The number of nitrogens with zero attached hydrogens (tertiary/aromatic N) is 1. The number of pyridine rings is 1. The number of para-hydroxylation sites is 2. The maximum atomic E-state index is 12.9. The van der Waals surface area contributed by atoms with Gasteiger partial charge in [-0.3, -0.25) is 9.59 Å². The standard InChI is InChI=1S/C19H15BrN2O3/c1-25-16-5-3-2-4-15(16)21-19(24)14-10-22-7-6-11-8-12(20)9-13(17(11)22)18(14)23/h2-5,8-10H,6-7H2,1H3,(H,21,24). The maximum absolute atomic E-state index is 12.9. The van der Waals surface area contributed by atoms with Crippen molar-refractivity contribution in [3.05, 3.63) is 68.4 Å². The zero-order valence-electron chi connectivity index (χ0n) is 13.5. The van der Waals surface area contributed by atoms with Crippen LogP contribution in [0.1, 0.15) is 15.9 Å². The van der Waals surface area contributed by atoms with Gasteiger partial charge in [0.25, 0.3) is 5.91 Å². The highest BCUT2D eigenvalue weighted by Gasteiger charge is 2.21. The highest BCUT2D eigenvalue weighted by molar-refractivity contribution is 9.10. The van der Waals surface area contributed by atoms with Crippen LogP contribution in [0.2, 0.25) is 0 Å². The fraction of sp³-hybridized carbons (Fsp3) is 0.158. The van der Waals surface area contributed by atoms with Crippen LogP contribution in [0.25, 0.3) is 10.9 Å². The number of nitrogens with one attached hydrogen (secondary N) is 1. The van der Waals surface area contributed by atoms with Crippen LogP contribution in [-0.2, 0) is 13.0 Å². The second-order valence-electron chi connectivity index (χ2n) is 5.93. The van der Waals surface area contributed by atoms with Crippen LogP contribution < -0.4 is 15.5 Å². The SMILES string of the molecule is COc1ccccc1NC(=O)c1cn2c3c(cc(Br)cc3c1=O)CC2. The molecule has 6 heteroatoms. The van der Waals surface area contributed by atoms with Gasteiger partial charge < -0.3 is 14.6 Å². The fourth-order valence-electron chi connectivity index (χ4n) is 3.30. The predicted octanol–water partition coefficient (Wildman–Crippen LogP) is 3.58. The number of anilines is 1. The van der Waals surface area contributed by atoms with E-state index < -0.39 is 5.91 Å². The molecule has 0 unspecified atom stereocenters. The van der Waals surface area contributed by atoms with Crippen LogP contribution in [-0.4, -0.2) is 17.6 Å². The lowest BCUT2D eigenvalue weighted by Gasteiger charge is -2.11. The van der Waals surface area contributed by atoms with Gasteiger partial charge in [0.1, 0.15) is 11.3 Å². The number of amides is 1. The average Bonchev–Trinajstić information content (AvgIpc) is 3.01. The topological polar surface area (TPSA) is 60.3 Å². The van der Waals surface area contributed by atoms with Crippen LogP contribution in [0, 0.1) is 0 Å². The smallest absolute Gasteiger partial charge is 0.261 e. The molecular formula is C19H15BrN2O3. The van der Waals surface area contributed by atoms with Gasteiger partial charge in [-0.2, -0.15) is 0 Å². The minimum absolute atomic E-state index is 0.129. The molecule has 0 saturated carbocycles. The molecule has 25 heavy (non-hydrogen) atoms. The van der Waals surface area contributed by atoms with E-state index in [2.05, 4.69) is 21.2 Å². The first-order valence-electron chi connectivity index (χ1n) is 7.88. The quantitative estimate of drug-likeness (QED) is 0.733. The second kappa shape index (κ2) is 6.04. The number of halogens is 1. The molecule has 0 atom stereocenters. The summed E-state index contributed by atoms with van der Waals surface area (Å²) in [6.07, 6.45) is 2.51. The van der Waals surface area contributed by atoms with Crippen molar-refractivity contribution in [1.82, 2.24) is 4.57 Å². The Labute approximate surface area is 152 Å². The Balaban J connectivity index is 1.82. The Hall–Kier alpha value is -2.60. The Kier molecular flexibility index (Phi) is 3.84. The van der Waals surface area contributed by atoms with E-state index in [1.54, 1.807) is 30.5 Å². The molecule has 0 saturated heterocycles. The first-order chi connectivity index (χ1) is 12.1. The van der Waals surface area contributed by atoms with Crippen LogP contribution in [0.15, 0.2) is 51.9 Å². The van der Waals surface area contributed by atoms with Crippen molar-refractivity contribution in [2.24, 2.45) is 0 Å². The Morgan fingerprint density at radius 1 is 1.28 bits per heavy atom. The number of methoxy groups -OCH3 is 1. The summed E-state index contributed by atoms with van der Waals surface area (Å²) in [5.41, 5.74) is 2.44. The van der Waals surface area contributed by atoms with Crippen LogP contribution in [0.5, 0.6) is 5.75 Å². The van der Waals surface area contributed by atoms with Gasteiger partial charge in [-0.15, -0.1) is 0 Å². The molecule has 5 nitrogen and oxygen atoms in total. The third-order valence-electron chi connectivity index (χ3n) is 4.44. The summed E-state index contributed by atoms with van der Waals surface area (Å²) in [6, 6.07) is 10.9. The van der Waals surface area contributed by atoms with E-state index in [-0.39, 0.29) is 11.0 Å². The van der Waals surface area contributed by atoms with Gasteiger partial charge >= 0.3 is 0 Å². The fourth-order valence-corrected chi connectivity index (χ4v) is 3.80. The Morgan fingerprint density at radius 3 is 2.88 bits per heavy atom. The summed E-state index contributed by atoms with van der Waals surface area (Å²) < 4.78 is 8.08. The zero-order valence-corrected chi connectivity index (χ0v) is 15.1. The molecule has 1 N–H and O–H groups in total. The summed E-state index contributed by atoms with van der Waals surface area (Å²) in [7, 11) is 1.54. The Morgan fingerprint density at radius 2 is 2.08 bits per heavy atom. The number of ether oxygens (including phenoxy) is 1. The molecule has 0 fully saturated rings. The molecule has 0 aliphatic carbocycles. The van der Waals surface area contributed by atoms with Crippen LogP contribution in [0.3, 0.4) is 0 Å². The lowest BCUT2D eigenvalue weighted by molar-refractivity contribution is 0.102. The molecule has 0 bridgehead atoms. The van der Waals surface area contributed by atoms with Gasteiger partial charge in [-0.05, 0) is 36.2 Å². The molecule has 0 spiro atoms. The van der Waals surface area contributed by atoms with Crippen LogP contribution >= 0.6 is 15.9 Å². The number of carbonyl (C=O) groups excluding carboxylic acids is 1. The molecule has 1 aliphatic rings. The summed E-state index contributed by atoms with van der Waals surface area (Å²) in [4.78, 5) is 25.6. The molecule has 0 radical (unpaired) electrons. The van der Waals surface area contributed by atoms with Crippen molar-refractivity contribution in [3.8, 4) is 5.75 Å². The van der Waals surface area contributed by atoms with Gasteiger partial charge in [0, 0.05) is 22.6 Å². The Bertz CT molecular complexity index is 1070. The lowest BCUT2D eigenvalue weighted by atomic mass is 10.1. The van der Waals surface area contributed by atoms with Crippen molar-refractivity contribution in [1.29, 1.82) is 0 Å². The third-order valence-corrected chi connectivity index (χ3v) is 4.89. The van der Waals surface area contributed by atoms with Crippen molar-refractivity contribution >= 4 is 38.4 Å². The number of carbonyl (C=O) groups is 1. The molecule has 2 heterocycles. The van der Waals surface area contributed by atoms with Gasteiger partial charge in [-0.25, -0.2) is 0 Å². The summed E-state index contributed by atoms with van der Waals surface area (Å²) >= 11 is 3.45. The highest BCUT2D eigenvalue weighted by atomic mass is 79.9. The molecule has 1 aromatic heterocycles. The van der Waals surface area contributed by atoms with Crippen molar-refractivity contribution in [3.63, 3.8) is 0 Å². The van der Waals surface area contributed by atoms with E-state index in [4.69, 9.17) is 4.74 Å². The molecule has 4 rings (SSSR count). The van der Waals surface area contributed by atoms with Crippen molar-refractivity contribution in [2.75, 3.05) is 12.4 Å². The average molecular weight is 399 g/mol. The first kappa shape index (κ1) is 15.9. The monoisotopic (exact) mass is 398 g/mol. The van der Waals surface area contributed by atoms with Gasteiger partial charge in [0.15, 0.2) is 0 Å². The number of aromatic nitrogens is 1. The van der Waals surface area contributed by atoms with E-state index in [1.165, 1.54) is 7.11 Å². The predicted molar refractivity (Wildman–Crippen MR) is 101 cm³/mol. The van der Waals surface area contributed by atoms with Crippen molar-refractivity contribution < 1.29 is 9.53 Å². The normalized spacial score (nSPS) is 12.4. The number of hydrogen-bond acceptors (Lipinski definition) is 3. The third kappa shape index (κ3) is 2.62. The maximum Gasteiger partial charge on any atom is 0.261 e. The molecule has 3 aromatic rings. The van der Waals surface area contributed by atoms with E-state index in [0.29, 0.717) is 16.8 Å². The van der Waals surface area contributed by atoms with Gasteiger partial charge in [0.05, 0.1) is 18.3 Å². The summed E-state index contributed by atoms with van der Waals surface area (Å²) in [5, 5.41) is 3.34. The number of hydrogen-bond donors (Lipinski definition) is 1. The second-order valence-corrected chi connectivity index (χ2v) is 6.85. The lowest BCUT2D eigenvalue weighted by Crippen LogP contribution is -2.23. The zero-order chi connectivity index (χ0) is 17.6. The minimum Gasteiger partial charge on any atom is -0.495 e. The molecule has 1 aliphatic heterocycles. The highest BCUT2D eigenvalue weighted by Crippen LogP contribution is 2.28. The first-order valence-corrected chi connectivity index (χ1v) is 8.67. The van der Waals surface area contributed by atoms with E-state index in [9.17, 15) is 9.59 Å².